The van der Waals surface area contributed by atoms with Crippen molar-refractivity contribution in [2.45, 2.75) is 32.6 Å². The van der Waals surface area contributed by atoms with Crippen LogP contribution in [0.1, 0.15) is 43.0 Å². The monoisotopic (exact) mass is 316 g/mol. The van der Waals surface area contributed by atoms with E-state index in [9.17, 15) is 9.59 Å². The first-order valence-electron chi connectivity index (χ1n) is 8.42. The number of carbonyl (C=O) groups excluding carboxylic acids is 2. The van der Waals surface area contributed by atoms with Crippen LogP contribution >= 0.6 is 0 Å². The Hall–Kier alpha value is -2.11. The number of nitrogens with one attached hydrogen (secondary N) is 2. The van der Waals surface area contributed by atoms with Gasteiger partial charge in [-0.3, -0.25) is 9.59 Å². The third-order valence-electron chi connectivity index (χ3n) is 4.91. The van der Waals surface area contributed by atoms with Gasteiger partial charge in [0.2, 0.25) is 5.91 Å². The van der Waals surface area contributed by atoms with Crippen molar-refractivity contribution >= 4 is 17.6 Å². The number of anilines is 1. The van der Waals surface area contributed by atoms with E-state index in [2.05, 4.69) is 20.5 Å². The molecular weight excluding hydrogens is 292 g/mol. The van der Waals surface area contributed by atoms with Crippen LogP contribution in [0, 0.1) is 5.41 Å². The van der Waals surface area contributed by atoms with Gasteiger partial charge in [-0.25, -0.2) is 4.98 Å². The summed E-state index contributed by atoms with van der Waals surface area (Å²) >= 11 is 0. The number of hydrogen-bond donors (Lipinski definition) is 2. The number of hydrogen-bond acceptors (Lipinski definition) is 4. The summed E-state index contributed by atoms with van der Waals surface area (Å²) in [4.78, 5) is 31.0. The van der Waals surface area contributed by atoms with E-state index >= 15 is 0 Å². The molecule has 6 nitrogen and oxygen atoms in total. The van der Waals surface area contributed by atoms with E-state index in [0.717, 1.165) is 38.2 Å². The Labute approximate surface area is 136 Å². The lowest BCUT2D eigenvalue weighted by molar-refractivity contribution is -0.135. The molecule has 2 aliphatic rings. The Kier molecular flexibility index (Phi) is 4.50. The van der Waals surface area contributed by atoms with Crippen LogP contribution in [-0.2, 0) is 4.79 Å². The molecule has 0 radical (unpaired) electrons. The first-order valence-corrected chi connectivity index (χ1v) is 8.42. The predicted octanol–water partition coefficient (Wildman–Crippen LogP) is 1.33. The van der Waals surface area contributed by atoms with Gasteiger partial charge in [-0.05, 0) is 38.3 Å². The molecule has 23 heavy (non-hydrogen) atoms. The third-order valence-corrected chi connectivity index (χ3v) is 4.91. The van der Waals surface area contributed by atoms with E-state index in [1.54, 1.807) is 12.3 Å². The molecule has 0 unspecified atom stereocenters. The van der Waals surface area contributed by atoms with Crippen LogP contribution in [0.2, 0.25) is 0 Å². The predicted molar refractivity (Wildman–Crippen MR) is 88.4 cm³/mol. The second kappa shape index (κ2) is 6.56. The van der Waals surface area contributed by atoms with E-state index in [1.165, 1.54) is 6.42 Å². The molecular formula is C17H24N4O2. The molecule has 6 heteroatoms. The molecule has 1 aliphatic carbocycles. The minimum Gasteiger partial charge on any atom is -0.356 e. The third kappa shape index (κ3) is 3.16. The molecule has 1 aromatic heterocycles. The Morgan fingerprint density at radius 3 is 2.48 bits per heavy atom. The molecule has 2 amide bonds. The topological polar surface area (TPSA) is 74.3 Å². The Balaban J connectivity index is 1.57. The van der Waals surface area contributed by atoms with E-state index in [-0.39, 0.29) is 11.8 Å². The molecule has 1 saturated heterocycles. The maximum absolute atomic E-state index is 12.3. The van der Waals surface area contributed by atoms with Gasteiger partial charge in [0.1, 0.15) is 5.82 Å². The van der Waals surface area contributed by atoms with Crippen molar-refractivity contribution in [3.63, 3.8) is 0 Å². The average molecular weight is 316 g/mol. The number of amides is 2. The summed E-state index contributed by atoms with van der Waals surface area (Å²) in [5.41, 5.74) is 0.121. The SMILES string of the molecule is CCNC(=O)C1(CNC(=O)c2ccc(N3CCC3)nc2)CCC1. The maximum Gasteiger partial charge on any atom is 0.252 e. The molecule has 3 rings (SSSR count). The highest BCUT2D eigenvalue weighted by atomic mass is 16.2. The maximum atomic E-state index is 12.3. The highest BCUT2D eigenvalue weighted by Crippen LogP contribution is 2.40. The van der Waals surface area contributed by atoms with Crippen LogP contribution in [-0.4, -0.2) is 43.0 Å². The minimum atomic E-state index is -0.420. The lowest BCUT2D eigenvalue weighted by Crippen LogP contribution is -2.52. The van der Waals surface area contributed by atoms with Gasteiger partial charge in [0.15, 0.2) is 0 Å². The van der Waals surface area contributed by atoms with Crippen LogP contribution in [0.3, 0.4) is 0 Å². The van der Waals surface area contributed by atoms with Gasteiger partial charge in [-0.15, -0.1) is 0 Å². The summed E-state index contributed by atoms with van der Waals surface area (Å²) in [5.74, 6) is 0.812. The summed E-state index contributed by atoms with van der Waals surface area (Å²) in [6.07, 6.45) is 5.53. The molecule has 0 atom stereocenters. The van der Waals surface area contributed by atoms with Gasteiger partial charge < -0.3 is 15.5 Å². The van der Waals surface area contributed by atoms with E-state index in [1.807, 2.05) is 13.0 Å². The van der Waals surface area contributed by atoms with Gasteiger partial charge >= 0.3 is 0 Å². The normalized spacial score (nSPS) is 18.6. The van der Waals surface area contributed by atoms with Crippen molar-refractivity contribution in [1.82, 2.24) is 15.6 Å². The zero-order valence-electron chi connectivity index (χ0n) is 13.6. The van der Waals surface area contributed by atoms with Crippen LogP contribution in [0.4, 0.5) is 5.82 Å². The Bertz CT molecular complexity index is 577. The smallest absolute Gasteiger partial charge is 0.252 e. The van der Waals surface area contributed by atoms with Crippen molar-refractivity contribution in [1.29, 1.82) is 0 Å². The van der Waals surface area contributed by atoms with Crippen LogP contribution in [0.25, 0.3) is 0 Å². The first kappa shape index (κ1) is 15.8. The van der Waals surface area contributed by atoms with Crippen LogP contribution < -0.4 is 15.5 Å². The molecule has 0 aromatic carbocycles. The largest absolute Gasteiger partial charge is 0.356 e. The number of aromatic nitrogens is 1. The molecule has 0 bridgehead atoms. The van der Waals surface area contributed by atoms with E-state index < -0.39 is 5.41 Å². The Morgan fingerprint density at radius 1 is 1.22 bits per heavy atom. The highest BCUT2D eigenvalue weighted by molar-refractivity contribution is 5.94. The zero-order valence-corrected chi connectivity index (χ0v) is 13.6. The minimum absolute atomic E-state index is 0.0535. The Morgan fingerprint density at radius 2 is 2.00 bits per heavy atom. The lowest BCUT2D eigenvalue weighted by Gasteiger charge is -2.40. The van der Waals surface area contributed by atoms with Gasteiger partial charge in [-0.1, -0.05) is 6.42 Å². The van der Waals surface area contributed by atoms with E-state index in [4.69, 9.17) is 0 Å². The highest BCUT2D eigenvalue weighted by Gasteiger charge is 2.43. The van der Waals surface area contributed by atoms with Crippen LogP contribution in [0.15, 0.2) is 18.3 Å². The van der Waals surface area contributed by atoms with Gasteiger partial charge in [0.05, 0.1) is 11.0 Å². The van der Waals surface area contributed by atoms with Crippen LogP contribution in [0.5, 0.6) is 0 Å². The number of rotatable bonds is 6. The summed E-state index contributed by atoms with van der Waals surface area (Å²) in [7, 11) is 0. The molecule has 1 aliphatic heterocycles. The number of carbonyl (C=O) groups is 2. The fourth-order valence-electron chi connectivity index (χ4n) is 3.04. The fraction of sp³-hybridized carbons (Fsp3) is 0.588. The van der Waals surface area contributed by atoms with Gasteiger partial charge in [0, 0.05) is 32.4 Å². The first-order chi connectivity index (χ1) is 11.1. The second-order valence-electron chi connectivity index (χ2n) is 6.42. The quantitative estimate of drug-likeness (QED) is 0.830. The molecule has 0 spiro atoms. The molecule has 1 saturated carbocycles. The van der Waals surface area contributed by atoms with Crippen molar-refractivity contribution in [3.05, 3.63) is 23.9 Å². The molecule has 2 heterocycles. The fourth-order valence-corrected chi connectivity index (χ4v) is 3.04. The summed E-state index contributed by atoms with van der Waals surface area (Å²) in [6.45, 7) is 5.00. The molecule has 1 aromatic rings. The zero-order chi connectivity index (χ0) is 16.3. The summed E-state index contributed by atoms with van der Waals surface area (Å²) in [6, 6.07) is 3.69. The van der Waals surface area contributed by atoms with Crippen molar-refractivity contribution < 1.29 is 9.59 Å². The van der Waals surface area contributed by atoms with Gasteiger partial charge in [0.25, 0.3) is 5.91 Å². The van der Waals surface area contributed by atoms with E-state index in [0.29, 0.717) is 18.7 Å². The summed E-state index contributed by atoms with van der Waals surface area (Å²) in [5, 5.41) is 5.78. The molecule has 2 fully saturated rings. The second-order valence-corrected chi connectivity index (χ2v) is 6.42. The number of pyridine rings is 1. The van der Waals surface area contributed by atoms with Crippen molar-refractivity contribution in [2.75, 3.05) is 31.1 Å². The van der Waals surface area contributed by atoms with Crippen molar-refractivity contribution in [2.24, 2.45) is 5.41 Å². The summed E-state index contributed by atoms with van der Waals surface area (Å²) < 4.78 is 0. The molecule has 124 valence electrons. The lowest BCUT2D eigenvalue weighted by atomic mass is 9.68. The van der Waals surface area contributed by atoms with Gasteiger partial charge in [-0.2, -0.15) is 0 Å². The average Bonchev–Trinajstić information content (AvgIpc) is 2.45. The number of nitrogens with zero attached hydrogens (tertiary/aromatic N) is 2. The standard InChI is InChI=1S/C17H24N4O2/c1-2-18-16(23)17(7-3-8-17)12-20-15(22)13-5-6-14(19-11-13)21-9-4-10-21/h5-6,11H,2-4,7-10,12H2,1H3,(H,18,23)(H,20,22). The molecule has 2 N–H and O–H groups in total. The van der Waals surface area contributed by atoms with Crippen molar-refractivity contribution in [3.8, 4) is 0 Å².